The van der Waals surface area contributed by atoms with E-state index in [2.05, 4.69) is 27.9 Å². The van der Waals surface area contributed by atoms with Gasteiger partial charge >= 0.3 is 0 Å². The minimum Gasteiger partial charge on any atom is -0.496 e. The second-order valence-electron chi connectivity index (χ2n) is 4.22. The Kier molecular flexibility index (Phi) is 7.24. The van der Waals surface area contributed by atoms with E-state index in [1.54, 1.807) is 17.0 Å². The van der Waals surface area contributed by atoms with Crippen molar-refractivity contribution >= 4 is 46.0 Å². The first-order valence-electron chi connectivity index (χ1n) is 6.53. The third kappa shape index (κ3) is 4.74. The molecule has 0 heterocycles. The predicted octanol–water partition coefficient (Wildman–Crippen LogP) is 2.55. The number of ether oxygens (including phenoxy) is 1. The molecule has 0 aromatic heterocycles. The van der Waals surface area contributed by atoms with E-state index in [1.165, 1.54) is 7.11 Å². The van der Waals surface area contributed by atoms with Crippen LogP contribution in [0, 0.1) is 3.57 Å². The Bertz CT molecular complexity index is 533. The van der Waals surface area contributed by atoms with Crippen LogP contribution in [0.5, 0.6) is 5.75 Å². The van der Waals surface area contributed by atoms with Crippen molar-refractivity contribution in [3.05, 3.63) is 26.3 Å². The number of halogens is 2. The molecular formula is C14H18ClIN2O3. The zero-order chi connectivity index (χ0) is 16.0. The second kappa shape index (κ2) is 8.43. The van der Waals surface area contributed by atoms with E-state index in [0.29, 0.717) is 29.4 Å². The summed E-state index contributed by atoms with van der Waals surface area (Å²) in [7, 11) is 1.48. The number of methoxy groups -OCH3 is 1. The molecule has 1 aromatic carbocycles. The molecule has 7 heteroatoms. The van der Waals surface area contributed by atoms with Gasteiger partial charge in [0.05, 0.1) is 24.2 Å². The van der Waals surface area contributed by atoms with Crippen LogP contribution in [0.15, 0.2) is 12.1 Å². The van der Waals surface area contributed by atoms with Gasteiger partial charge < -0.3 is 15.0 Å². The van der Waals surface area contributed by atoms with Gasteiger partial charge in [-0.15, -0.1) is 0 Å². The Balaban J connectivity index is 2.81. The smallest absolute Gasteiger partial charge is 0.255 e. The summed E-state index contributed by atoms with van der Waals surface area (Å²) in [4.78, 5) is 25.7. The molecule has 0 bridgehead atoms. The van der Waals surface area contributed by atoms with Crippen molar-refractivity contribution in [1.82, 2.24) is 10.2 Å². The van der Waals surface area contributed by atoms with Gasteiger partial charge in [0.25, 0.3) is 5.91 Å². The molecule has 1 N–H and O–H groups in total. The van der Waals surface area contributed by atoms with Crippen molar-refractivity contribution < 1.29 is 14.3 Å². The Morgan fingerprint density at radius 3 is 2.48 bits per heavy atom. The molecule has 1 aromatic rings. The number of nitrogens with zero attached hydrogens (tertiary/aromatic N) is 1. The number of carbonyl (C=O) groups is 2. The van der Waals surface area contributed by atoms with Gasteiger partial charge in [-0.1, -0.05) is 11.6 Å². The van der Waals surface area contributed by atoms with Crippen LogP contribution in [0.25, 0.3) is 0 Å². The molecule has 0 radical (unpaired) electrons. The lowest BCUT2D eigenvalue weighted by molar-refractivity contribution is -0.129. The summed E-state index contributed by atoms with van der Waals surface area (Å²) in [6.45, 7) is 4.97. The van der Waals surface area contributed by atoms with Gasteiger partial charge in [-0.2, -0.15) is 0 Å². The highest BCUT2D eigenvalue weighted by Gasteiger charge is 2.17. The van der Waals surface area contributed by atoms with Crippen LogP contribution in [0.4, 0.5) is 0 Å². The Morgan fingerprint density at radius 2 is 1.95 bits per heavy atom. The van der Waals surface area contributed by atoms with Crippen molar-refractivity contribution in [3.63, 3.8) is 0 Å². The molecule has 0 aliphatic carbocycles. The summed E-state index contributed by atoms with van der Waals surface area (Å²) in [6.07, 6.45) is 0. The lowest BCUT2D eigenvalue weighted by Crippen LogP contribution is -2.40. The average molecular weight is 425 g/mol. The van der Waals surface area contributed by atoms with Gasteiger partial charge in [0.1, 0.15) is 5.75 Å². The fraction of sp³-hybridized carbons (Fsp3) is 0.429. The largest absolute Gasteiger partial charge is 0.496 e. The Hall–Kier alpha value is -1.02. The maximum absolute atomic E-state index is 12.2. The molecule has 2 amide bonds. The highest BCUT2D eigenvalue weighted by molar-refractivity contribution is 14.1. The summed E-state index contributed by atoms with van der Waals surface area (Å²) in [5, 5.41) is 3.07. The number of nitrogens with one attached hydrogen (secondary N) is 1. The molecule has 0 saturated heterocycles. The van der Waals surface area contributed by atoms with Crippen molar-refractivity contribution in [2.75, 3.05) is 26.7 Å². The van der Waals surface area contributed by atoms with E-state index >= 15 is 0 Å². The summed E-state index contributed by atoms with van der Waals surface area (Å²) < 4.78 is 5.97. The molecule has 0 spiro atoms. The van der Waals surface area contributed by atoms with Gasteiger partial charge in [0, 0.05) is 16.7 Å². The Morgan fingerprint density at radius 1 is 1.33 bits per heavy atom. The number of hydrogen-bond donors (Lipinski definition) is 1. The number of carbonyl (C=O) groups excluding carboxylic acids is 2. The highest BCUT2D eigenvalue weighted by Crippen LogP contribution is 2.28. The number of likely N-dealkylation sites (N-methyl/N-ethyl adjacent to an activating group) is 1. The van der Waals surface area contributed by atoms with Gasteiger partial charge in [0.15, 0.2) is 0 Å². The summed E-state index contributed by atoms with van der Waals surface area (Å²) >= 11 is 8.09. The van der Waals surface area contributed by atoms with Crippen LogP contribution >= 0.6 is 34.2 Å². The SMILES string of the molecule is CCN(CC)C(=O)CNC(=O)c1cc(Cl)c(I)cc1OC. The standard InChI is InChI=1S/C14H18ClIN2O3/c1-4-18(5-2)13(19)8-17-14(20)9-6-10(15)11(16)7-12(9)21-3/h6-7H,4-5,8H2,1-3H3,(H,17,20). The number of hydrogen-bond acceptors (Lipinski definition) is 3. The van der Waals surface area contributed by atoms with Crippen molar-refractivity contribution in [2.24, 2.45) is 0 Å². The van der Waals surface area contributed by atoms with Gasteiger partial charge in [-0.25, -0.2) is 0 Å². The van der Waals surface area contributed by atoms with Crippen LogP contribution in [0.3, 0.4) is 0 Å². The van der Waals surface area contributed by atoms with E-state index in [0.717, 1.165) is 3.57 Å². The van der Waals surface area contributed by atoms with E-state index < -0.39 is 0 Å². The lowest BCUT2D eigenvalue weighted by Gasteiger charge is -2.19. The summed E-state index contributed by atoms with van der Waals surface area (Å²) in [5.74, 6) is -0.0776. The molecule has 116 valence electrons. The molecule has 0 atom stereocenters. The molecule has 0 aliphatic heterocycles. The van der Waals surface area contributed by atoms with Gasteiger partial charge in [-0.05, 0) is 48.6 Å². The minimum absolute atomic E-state index is 0.0483. The first kappa shape index (κ1) is 18.0. The van der Waals surface area contributed by atoms with Crippen molar-refractivity contribution in [2.45, 2.75) is 13.8 Å². The fourth-order valence-electron chi connectivity index (χ4n) is 1.81. The third-order valence-electron chi connectivity index (χ3n) is 3.00. The number of amides is 2. The molecule has 5 nitrogen and oxygen atoms in total. The van der Waals surface area contributed by atoms with Crippen LogP contribution in [0.2, 0.25) is 5.02 Å². The fourth-order valence-corrected chi connectivity index (χ4v) is 2.42. The molecule has 0 fully saturated rings. The predicted molar refractivity (Wildman–Crippen MR) is 91.0 cm³/mol. The zero-order valence-electron chi connectivity index (χ0n) is 12.2. The number of benzene rings is 1. The van der Waals surface area contributed by atoms with Crippen LogP contribution in [0.1, 0.15) is 24.2 Å². The summed E-state index contributed by atoms with van der Waals surface area (Å²) in [6, 6.07) is 3.23. The first-order valence-corrected chi connectivity index (χ1v) is 7.99. The minimum atomic E-state index is -0.384. The summed E-state index contributed by atoms with van der Waals surface area (Å²) in [5.41, 5.74) is 0.315. The van der Waals surface area contributed by atoms with Gasteiger partial charge in [0.2, 0.25) is 5.91 Å². The maximum atomic E-state index is 12.2. The maximum Gasteiger partial charge on any atom is 0.255 e. The average Bonchev–Trinajstić information content (AvgIpc) is 2.48. The lowest BCUT2D eigenvalue weighted by atomic mass is 10.2. The monoisotopic (exact) mass is 424 g/mol. The molecule has 0 unspecified atom stereocenters. The third-order valence-corrected chi connectivity index (χ3v) is 4.53. The van der Waals surface area contributed by atoms with Crippen LogP contribution in [-0.2, 0) is 4.79 Å². The zero-order valence-corrected chi connectivity index (χ0v) is 15.1. The topological polar surface area (TPSA) is 58.6 Å². The molecular weight excluding hydrogens is 407 g/mol. The van der Waals surface area contributed by atoms with E-state index in [1.807, 2.05) is 13.8 Å². The molecule has 0 aliphatic rings. The van der Waals surface area contributed by atoms with E-state index in [4.69, 9.17) is 16.3 Å². The molecule has 0 saturated carbocycles. The second-order valence-corrected chi connectivity index (χ2v) is 5.78. The normalized spacial score (nSPS) is 10.1. The van der Waals surface area contributed by atoms with Gasteiger partial charge in [-0.3, -0.25) is 9.59 Å². The van der Waals surface area contributed by atoms with E-state index in [9.17, 15) is 9.59 Å². The number of rotatable bonds is 6. The Labute approximate surface area is 143 Å². The highest BCUT2D eigenvalue weighted by atomic mass is 127. The van der Waals surface area contributed by atoms with E-state index in [-0.39, 0.29) is 18.4 Å². The van der Waals surface area contributed by atoms with Crippen LogP contribution < -0.4 is 10.1 Å². The van der Waals surface area contributed by atoms with Crippen molar-refractivity contribution in [3.8, 4) is 5.75 Å². The van der Waals surface area contributed by atoms with Crippen molar-refractivity contribution in [1.29, 1.82) is 0 Å². The molecule has 1 rings (SSSR count). The molecule has 21 heavy (non-hydrogen) atoms. The van der Waals surface area contributed by atoms with Crippen LogP contribution in [-0.4, -0.2) is 43.5 Å². The quantitative estimate of drug-likeness (QED) is 0.714. The first-order chi connectivity index (χ1) is 9.94.